The van der Waals surface area contributed by atoms with Crippen LogP contribution in [0, 0.1) is 0 Å². The SMILES string of the molecule is COc1cc2c(c(OC)c1OC)C(=O)C(=O)N2CC(=O)Nc1ccccc1C(F)(F)F. The van der Waals surface area contributed by atoms with Gasteiger partial charge in [-0.15, -0.1) is 0 Å². The highest BCUT2D eigenvalue weighted by Gasteiger charge is 2.42. The molecule has 31 heavy (non-hydrogen) atoms. The van der Waals surface area contributed by atoms with Gasteiger partial charge in [0.2, 0.25) is 11.7 Å². The number of anilines is 2. The largest absolute Gasteiger partial charge is 0.493 e. The number of Topliss-reactive ketones (excluding diaryl/α,β-unsaturated/α-hetero) is 1. The molecule has 1 aliphatic heterocycles. The number of hydrogen-bond donors (Lipinski definition) is 1. The summed E-state index contributed by atoms with van der Waals surface area (Å²) in [6.45, 7) is -0.706. The van der Waals surface area contributed by atoms with Crippen molar-refractivity contribution in [2.45, 2.75) is 6.18 Å². The molecule has 0 spiro atoms. The molecule has 0 bridgehead atoms. The number of benzene rings is 2. The van der Waals surface area contributed by atoms with Crippen LogP contribution in [-0.2, 0) is 15.8 Å². The minimum absolute atomic E-state index is 0.0174. The molecule has 2 aromatic rings. The van der Waals surface area contributed by atoms with E-state index in [1.165, 1.54) is 39.5 Å². The highest BCUT2D eigenvalue weighted by atomic mass is 19.4. The summed E-state index contributed by atoms with van der Waals surface area (Å²) in [6.07, 6.45) is -4.69. The molecule has 8 nitrogen and oxygen atoms in total. The number of carbonyl (C=O) groups excluding carboxylic acids is 3. The zero-order valence-corrected chi connectivity index (χ0v) is 16.6. The van der Waals surface area contributed by atoms with E-state index in [1.807, 2.05) is 0 Å². The fourth-order valence-corrected chi connectivity index (χ4v) is 3.24. The van der Waals surface area contributed by atoms with Gasteiger partial charge in [0.05, 0.1) is 43.8 Å². The summed E-state index contributed by atoms with van der Waals surface area (Å²) in [6, 6.07) is 5.73. The smallest absolute Gasteiger partial charge is 0.418 e. The van der Waals surface area contributed by atoms with Crippen LogP contribution in [0.5, 0.6) is 17.2 Å². The fraction of sp³-hybridized carbons (Fsp3) is 0.250. The van der Waals surface area contributed by atoms with Crippen molar-refractivity contribution in [1.82, 2.24) is 0 Å². The first-order valence-electron chi connectivity index (χ1n) is 8.79. The molecule has 0 aromatic heterocycles. The fourth-order valence-electron chi connectivity index (χ4n) is 3.24. The van der Waals surface area contributed by atoms with Crippen molar-refractivity contribution in [1.29, 1.82) is 0 Å². The molecule has 164 valence electrons. The number of carbonyl (C=O) groups is 3. The molecule has 2 amide bonds. The third kappa shape index (κ3) is 3.86. The highest BCUT2D eigenvalue weighted by Crippen LogP contribution is 2.48. The number of nitrogens with one attached hydrogen (secondary N) is 1. The first-order valence-corrected chi connectivity index (χ1v) is 8.79. The molecule has 0 saturated heterocycles. The number of hydrogen-bond acceptors (Lipinski definition) is 6. The van der Waals surface area contributed by atoms with Crippen molar-refractivity contribution in [3.8, 4) is 17.2 Å². The topological polar surface area (TPSA) is 94.2 Å². The maximum absolute atomic E-state index is 13.2. The van der Waals surface area contributed by atoms with E-state index in [9.17, 15) is 27.6 Å². The normalized spacial score (nSPS) is 13.2. The van der Waals surface area contributed by atoms with Crippen LogP contribution in [0.3, 0.4) is 0 Å². The first kappa shape index (κ1) is 21.9. The predicted molar refractivity (Wildman–Crippen MR) is 103 cm³/mol. The Labute approximate surface area is 174 Å². The van der Waals surface area contributed by atoms with E-state index in [-0.39, 0.29) is 28.5 Å². The van der Waals surface area contributed by atoms with Crippen molar-refractivity contribution in [2.75, 3.05) is 38.1 Å². The third-order valence-electron chi connectivity index (χ3n) is 4.57. The minimum Gasteiger partial charge on any atom is -0.493 e. The molecule has 1 N–H and O–H groups in total. The Balaban J connectivity index is 1.96. The molecule has 11 heteroatoms. The number of ether oxygens (including phenoxy) is 3. The lowest BCUT2D eigenvalue weighted by Gasteiger charge is -2.20. The maximum atomic E-state index is 13.2. The summed E-state index contributed by atoms with van der Waals surface area (Å²) in [5.74, 6) is -2.76. The number of alkyl halides is 3. The zero-order valence-electron chi connectivity index (χ0n) is 16.6. The average molecular weight is 438 g/mol. The van der Waals surface area contributed by atoms with Gasteiger partial charge in [0, 0.05) is 6.07 Å². The van der Waals surface area contributed by atoms with E-state index >= 15 is 0 Å². The van der Waals surface area contributed by atoms with Crippen LogP contribution < -0.4 is 24.4 Å². The molecule has 0 radical (unpaired) electrons. The minimum atomic E-state index is -4.69. The number of nitrogens with zero attached hydrogens (tertiary/aromatic N) is 1. The molecule has 2 aromatic carbocycles. The first-order chi connectivity index (χ1) is 14.6. The zero-order chi connectivity index (χ0) is 22.9. The molecule has 0 fully saturated rings. The lowest BCUT2D eigenvalue weighted by atomic mass is 10.1. The van der Waals surface area contributed by atoms with Gasteiger partial charge in [-0.1, -0.05) is 12.1 Å². The predicted octanol–water partition coefficient (Wildman–Crippen LogP) is 2.90. The van der Waals surface area contributed by atoms with E-state index in [1.54, 1.807) is 0 Å². The monoisotopic (exact) mass is 438 g/mol. The Morgan fingerprint density at radius 3 is 2.26 bits per heavy atom. The average Bonchev–Trinajstić information content (AvgIpc) is 2.96. The highest BCUT2D eigenvalue weighted by molar-refractivity contribution is 6.53. The van der Waals surface area contributed by atoms with E-state index < -0.39 is 41.6 Å². The number of para-hydroxylation sites is 1. The molecular weight excluding hydrogens is 421 g/mol. The molecule has 1 heterocycles. The molecule has 0 unspecified atom stereocenters. The van der Waals surface area contributed by atoms with Gasteiger partial charge in [-0.05, 0) is 12.1 Å². The van der Waals surface area contributed by atoms with E-state index in [0.717, 1.165) is 17.0 Å². The van der Waals surface area contributed by atoms with E-state index in [4.69, 9.17) is 14.2 Å². The van der Waals surface area contributed by atoms with Crippen molar-refractivity contribution in [3.05, 3.63) is 41.5 Å². The number of rotatable bonds is 6. The van der Waals surface area contributed by atoms with E-state index in [0.29, 0.717) is 0 Å². The second-order valence-electron chi connectivity index (χ2n) is 6.35. The van der Waals surface area contributed by atoms with Gasteiger partial charge in [-0.2, -0.15) is 13.2 Å². The third-order valence-corrected chi connectivity index (χ3v) is 4.57. The summed E-state index contributed by atoms with van der Waals surface area (Å²) in [5, 5.41) is 2.14. The Hall–Kier alpha value is -3.76. The standard InChI is InChI=1S/C20H17F3N2O6/c1-29-13-8-12-15(18(31-3)17(13)30-2)16(27)19(28)25(12)9-14(26)24-11-7-5-4-6-10(11)20(21,22)23/h4-8H,9H2,1-3H3,(H,24,26). The maximum Gasteiger partial charge on any atom is 0.418 e. The van der Waals surface area contributed by atoms with Gasteiger partial charge in [-0.25, -0.2) is 0 Å². The van der Waals surface area contributed by atoms with Crippen molar-refractivity contribution >= 4 is 29.0 Å². The van der Waals surface area contributed by atoms with Crippen LogP contribution in [0.1, 0.15) is 15.9 Å². The quantitative estimate of drug-likeness (QED) is 0.697. The van der Waals surface area contributed by atoms with Gasteiger partial charge in [0.25, 0.3) is 11.7 Å². The number of amides is 2. The van der Waals surface area contributed by atoms with Gasteiger partial charge in [0.15, 0.2) is 11.5 Å². The summed E-state index contributed by atoms with van der Waals surface area (Å²) in [5.41, 5.74) is -1.62. The molecule has 3 rings (SSSR count). The second-order valence-corrected chi connectivity index (χ2v) is 6.35. The Morgan fingerprint density at radius 2 is 1.68 bits per heavy atom. The summed E-state index contributed by atoms with van der Waals surface area (Å²) < 4.78 is 55.1. The van der Waals surface area contributed by atoms with E-state index in [2.05, 4.69) is 5.32 Å². The number of ketones is 1. The van der Waals surface area contributed by atoms with Gasteiger partial charge in [0.1, 0.15) is 6.54 Å². The second kappa shape index (κ2) is 8.17. The number of methoxy groups -OCH3 is 3. The lowest BCUT2D eigenvalue weighted by Crippen LogP contribution is -2.37. The Morgan fingerprint density at radius 1 is 1.03 bits per heavy atom. The molecule has 1 aliphatic rings. The summed E-state index contributed by atoms with van der Waals surface area (Å²) in [7, 11) is 3.91. The molecule has 0 saturated carbocycles. The molecule has 0 aliphatic carbocycles. The van der Waals surface area contributed by atoms with Crippen molar-refractivity contribution in [2.24, 2.45) is 0 Å². The van der Waals surface area contributed by atoms with Crippen LogP contribution in [-0.4, -0.2) is 45.5 Å². The van der Waals surface area contributed by atoms with Crippen LogP contribution in [0.4, 0.5) is 24.5 Å². The molecule has 0 atom stereocenters. The summed E-state index contributed by atoms with van der Waals surface area (Å²) in [4.78, 5) is 38.4. The number of halogens is 3. The Kier molecular flexibility index (Phi) is 5.78. The van der Waals surface area contributed by atoms with Crippen molar-refractivity contribution in [3.63, 3.8) is 0 Å². The van der Waals surface area contributed by atoms with Crippen LogP contribution in [0.25, 0.3) is 0 Å². The Bertz CT molecular complexity index is 1070. The number of fused-ring (bicyclic) bond motifs is 1. The van der Waals surface area contributed by atoms with Gasteiger partial charge >= 0.3 is 6.18 Å². The van der Waals surface area contributed by atoms with Gasteiger partial charge in [-0.3, -0.25) is 19.3 Å². The van der Waals surface area contributed by atoms with Crippen LogP contribution in [0.15, 0.2) is 30.3 Å². The van der Waals surface area contributed by atoms with Crippen LogP contribution >= 0.6 is 0 Å². The summed E-state index contributed by atoms with van der Waals surface area (Å²) >= 11 is 0. The van der Waals surface area contributed by atoms with Gasteiger partial charge < -0.3 is 19.5 Å². The lowest BCUT2D eigenvalue weighted by molar-refractivity contribution is -0.137. The van der Waals surface area contributed by atoms with Crippen molar-refractivity contribution < 1.29 is 41.8 Å². The van der Waals surface area contributed by atoms with Crippen LogP contribution in [0.2, 0.25) is 0 Å². The molecular formula is C20H17F3N2O6.